The van der Waals surface area contributed by atoms with Crippen molar-refractivity contribution in [3.63, 3.8) is 0 Å². The molecule has 0 aliphatic heterocycles. The average molecular weight is 252 g/mol. The van der Waals surface area contributed by atoms with E-state index in [0.29, 0.717) is 12.5 Å². The van der Waals surface area contributed by atoms with Crippen LogP contribution in [0.25, 0.3) is 0 Å². The van der Waals surface area contributed by atoms with Crippen LogP contribution in [0.1, 0.15) is 51.9 Å². The summed E-state index contributed by atoms with van der Waals surface area (Å²) < 4.78 is 0. The Morgan fingerprint density at radius 1 is 1.22 bits per heavy atom. The fourth-order valence-electron chi connectivity index (χ4n) is 3.93. The Hall–Kier alpha value is -0.570. The van der Waals surface area contributed by atoms with Crippen LogP contribution in [0.5, 0.6) is 0 Å². The zero-order valence-electron chi connectivity index (χ0n) is 11.9. The molecule has 1 amide bonds. The van der Waals surface area contributed by atoms with Gasteiger partial charge in [0.15, 0.2) is 0 Å². The summed E-state index contributed by atoms with van der Waals surface area (Å²) in [7, 11) is 1.90. The molecule has 0 radical (unpaired) electrons. The van der Waals surface area contributed by atoms with Gasteiger partial charge in [0.25, 0.3) is 0 Å². The van der Waals surface area contributed by atoms with Gasteiger partial charge in [-0.25, -0.2) is 0 Å². The van der Waals surface area contributed by atoms with E-state index in [-0.39, 0.29) is 12.0 Å². The number of amides is 1. The normalized spacial score (nSPS) is 33.6. The van der Waals surface area contributed by atoms with Crippen LogP contribution < -0.4 is 5.73 Å². The second kappa shape index (κ2) is 6.05. The van der Waals surface area contributed by atoms with Gasteiger partial charge in [-0.15, -0.1) is 0 Å². The minimum Gasteiger partial charge on any atom is -0.344 e. The molecule has 3 nitrogen and oxygen atoms in total. The lowest BCUT2D eigenvalue weighted by molar-refractivity contribution is -0.136. The minimum atomic E-state index is 0.0740. The summed E-state index contributed by atoms with van der Waals surface area (Å²) in [5.74, 6) is 2.34. The van der Waals surface area contributed by atoms with E-state index < -0.39 is 0 Å². The van der Waals surface area contributed by atoms with Crippen molar-refractivity contribution >= 4 is 5.91 Å². The van der Waals surface area contributed by atoms with E-state index in [1.54, 1.807) is 0 Å². The topological polar surface area (TPSA) is 46.3 Å². The SMILES string of the molecule is CC(N)CN(C)C(=O)C1CCC2CCCCC2C1. The number of hydrogen-bond donors (Lipinski definition) is 1. The summed E-state index contributed by atoms with van der Waals surface area (Å²) in [6, 6.07) is 0.0740. The summed E-state index contributed by atoms with van der Waals surface area (Å²) >= 11 is 0. The van der Waals surface area contributed by atoms with E-state index in [4.69, 9.17) is 5.73 Å². The molecule has 0 aromatic heterocycles. The highest BCUT2D eigenvalue weighted by Crippen LogP contribution is 2.43. The van der Waals surface area contributed by atoms with Crippen molar-refractivity contribution in [2.45, 2.75) is 57.9 Å². The van der Waals surface area contributed by atoms with Gasteiger partial charge in [-0.2, -0.15) is 0 Å². The third kappa shape index (κ3) is 3.25. The summed E-state index contributed by atoms with van der Waals surface area (Å²) in [4.78, 5) is 14.2. The van der Waals surface area contributed by atoms with E-state index >= 15 is 0 Å². The van der Waals surface area contributed by atoms with Gasteiger partial charge in [0.1, 0.15) is 0 Å². The number of hydrogen-bond acceptors (Lipinski definition) is 2. The number of nitrogens with zero attached hydrogens (tertiary/aromatic N) is 1. The Bertz CT molecular complexity index is 290. The maximum Gasteiger partial charge on any atom is 0.225 e. The number of likely N-dealkylation sites (N-methyl/N-ethyl adjacent to an activating group) is 1. The van der Waals surface area contributed by atoms with Crippen LogP contribution >= 0.6 is 0 Å². The molecule has 2 aliphatic carbocycles. The first kappa shape index (κ1) is 13.9. The Morgan fingerprint density at radius 2 is 1.89 bits per heavy atom. The van der Waals surface area contributed by atoms with Crippen molar-refractivity contribution in [2.75, 3.05) is 13.6 Å². The van der Waals surface area contributed by atoms with Crippen molar-refractivity contribution in [3.8, 4) is 0 Å². The molecule has 2 N–H and O–H groups in total. The van der Waals surface area contributed by atoms with Crippen LogP contribution in [0.3, 0.4) is 0 Å². The van der Waals surface area contributed by atoms with Gasteiger partial charge < -0.3 is 10.6 Å². The second-order valence-electron chi connectivity index (χ2n) is 6.51. The third-order valence-electron chi connectivity index (χ3n) is 4.83. The smallest absolute Gasteiger partial charge is 0.225 e. The molecular weight excluding hydrogens is 224 g/mol. The van der Waals surface area contributed by atoms with Crippen LogP contribution in [0, 0.1) is 17.8 Å². The first-order valence-electron chi connectivity index (χ1n) is 7.58. The predicted octanol–water partition coefficient (Wildman–Crippen LogP) is 2.40. The van der Waals surface area contributed by atoms with Crippen LogP contribution in [-0.4, -0.2) is 30.4 Å². The van der Waals surface area contributed by atoms with E-state index in [1.807, 2.05) is 18.9 Å². The summed E-state index contributed by atoms with van der Waals surface area (Å²) in [5, 5.41) is 0. The zero-order chi connectivity index (χ0) is 13.1. The van der Waals surface area contributed by atoms with Crippen molar-refractivity contribution < 1.29 is 4.79 Å². The van der Waals surface area contributed by atoms with E-state index in [2.05, 4.69) is 0 Å². The highest BCUT2D eigenvalue weighted by Gasteiger charge is 2.35. The maximum absolute atomic E-state index is 12.4. The number of carbonyl (C=O) groups excluding carboxylic acids is 1. The molecule has 2 fully saturated rings. The van der Waals surface area contributed by atoms with Gasteiger partial charge in [0.05, 0.1) is 0 Å². The van der Waals surface area contributed by atoms with Crippen LogP contribution in [0.15, 0.2) is 0 Å². The number of nitrogens with two attached hydrogens (primary N) is 1. The molecule has 0 spiro atoms. The fraction of sp³-hybridized carbons (Fsp3) is 0.933. The molecule has 0 heterocycles. The molecule has 2 saturated carbocycles. The molecule has 0 bridgehead atoms. The largest absolute Gasteiger partial charge is 0.344 e. The molecule has 0 aromatic carbocycles. The second-order valence-corrected chi connectivity index (χ2v) is 6.51. The predicted molar refractivity (Wildman–Crippen MR) is 74.1 cm³/mol. The Morgan fingerprint density at radius 3 is 2.56 bits per heavy atom. The number of carbonyl (C=O) groups is 1. The lowest BCUT2D eigenvalue weighted by Gasteiger charge is -2.39. The third-order valence-corrected chi connectivity index (χ3v) is 4.83. The molecule has 2 aliphatic rings. The molecule has 4 unspecified atom stereocenters. The molecule has 2 rings (SSSR count). The molecule has 4 atom stereocenters. The zero-order valence-corrected chi connectivity index (χ0v) is 11.9. The Kier molecular flexibility index (Phi) is 4.66. The van der Waals surface area contributed by atoms with Gasteiger partial charge >= 0.3 is 0 Å². The van der Waals surface area contributed by atoms with Crippen LogP contribution in [0.2, 0.25) is 0 Å². The molecule has 3 heteroatoms. The molecule has 0 saturated heterocycles. The maximum atomic E-state index is 12.4. The first-order valence-corrected chi connectivity index (χ1v) is 7.58. The highest BCUT2D eigenvalue weighted by atomic mass is 16.2. The Labute approximate surface area is 111 Å². The molecular formula is C15H28N2O. The number of rotatable bonds is 3. The quantitative estimate of drug-likeness (QED) is 0.838. The lowest BCUT2D eigenvalue weighted by atomic mass is 9.67. The summed E-state index contributed by atoms with van der Waals surface area (Å²) in [6.45, 7) is 2.64. The lowest BCUT2D eigenvalue weighted by Crippen LogP contribution is -2.42. The highest BCUT2D eigenvalue weighted by molar-refractivity contribution is 5.78. The van der Waals surface area contributed by atoms with Crippen LogP contribution in [0.4, 0.5) is 0 Å². The van der Waals surface area contributed by atoms with Crippen molar-refractivity contribution in [1.29, 1.82) is 0 Å². The van der Waals surface area contributed by atoms with Crippen molar-refractivity contribution in [3.05, 3.63) is 0 Å². The van der Waals surface area contributed by atoms with Gasteiger partial charge in [-0.1, -0.05) is 25.7 Å². The average Bonchev–Trinajstić information content (AvgIpc) is 2.36. The fourth-order valence-corrected chi connectivity index (χ4v) is 3.93. The molecule has 104 valence electrons. The summed E-state index contributed by atoms with van der Waals surface area (Å²) in [6.07, 6.45) is 9.04. The van der Waals surface area contributed by atoms with E-state index in [9.17, 15) is 4.79 Å². The van der Waals surface area contributed by atoms with Crippen molar-refractivity contribution in [1.82, 2.24) is 4.90 Å². The standard InChI is InChI=1S/C15H28N2O/c1-11(16)10-17(2)15(18)14-8-7-12-5-3-4-6-13(12)9-14/h11-14H,3-10,16H2,1-2H3. The minimum absolute atomic E-state index is 0.0740. The van der Waals surface area contributed by atoms with Gasteiger partial charge in [0, 0.05) is 25.6 Å². The van der Waals surface area contributed by atoms with Gasteiger partial charge in [-0.05, 0) is 38.0 Å². The van der Waals surface area contributed by atoms with Gasteiger partial charge in [-0.3, -0.25) is 4.79 Å². The summed E-state index contributed by atoms with van der Waals surface area (Å²) in [5.41, 5.74) is 5.77. The Balaban J connectivity index is 1.88. The molecule has 0 aromatic rings. The monoisotopic (exact) mass is 252 g/mol. The number of fused-ring (bicyclic) bond motifs is 1. The van der Waals surface area contributed by atoms with Crippen molar-refractivity contribution in [2.24, 2.45) is 23.5 Å². The molecule has 18 heavy (non-hydrogen) atoms. The van der Waals surface area contributed by atoms with E-state index in [0.717, 1.165) is 24.7 Å². The van der Waals surface area contributed by atoms with Crippen LogP contribution in [-0.2, 0) is 4.79 Å². The van der Waals surface area contributed by atoms with Gasteiger partial charge in [0.2, 0.25) is 5.91 Å². The first-order chi connectivity index (χ1) is 8.58. The van der Waals surface area contributed by atoms with E-state index in [1.165, 1.54) is 32.1 Å².